The molecule has 0 aliphatic carbocycles. The number of carbonyl (C=O) groups excluding carboxylic acids is 1. The van der Waals surface area contributed by atoms with Gasteiger partial charge in [-0.25, -0.2) is 29.1 Å². The van der Waals surface area contributed by atoms with Crippen LogP contribution in [-0.2, 0) is 37.3 Å². The van der Waals surface area contributed by atoms with E-state index in [2.05, 4.69) is 19.9 Å². The van der Waals surface area contributed by atoms with Crippen LogP contribution in [0.4, 0.5) is 10.6 Å². The molecule has 0 spiro atoms. The molecule has 3 unspecified atom stereocenters. The smallest absolute Gasteiger partial charge is 0.432 e. The number of methoxy groups -OCH3 is 1. The van der Waals surface area contributed by atoms with Crippen molar-refractivity contribution in [3.63, 3.8) is 0 Å². The average Bonchev–Trinajstić information content (AvgIpc) is 3.71. The number of rotatable bonds is 13. The van der Waals surface area contributed by atoms with Gasteiger partial charge >= 0.3 is 18.6 Å². The molecule has 0 amide bonds. The molecule has 20 nitrogen and oxygen atoms in total. The average molecular weight is 704 g/mol. The molecular formula is C25H34N7O13PS. The molecular weight excluding hydrogens is 669 g/mol. The number of imidazole rings is 1. The Balaban J connectivity index is 1.34. The molecule has 2 saturated heterocycles. The maximum atomic E-state index is 14.2. The molecule has 5 heterocycles. The van der Waals surface area contributed by atoms with Crippen molar-refractivity contribution in [2.45, 2.75) is 69.3 Å². The second-order valence-corrected chi connectivity index (χ2v) is 14.6. The van der Waals surface area contributed by atoms with Gasteiger partial charge in [0.1, 0.15) is 42.5 Å². The highest BCUT2D eigenvalue weighted by molar-refractivity contribution is 8.55. The molecule has 0 radical (unpaired) electrons. The normalized spacial score (nSPS) is 27.3. The number of nitrogens with zero attached hydrogens (tertiary/aromatic N) is 5. The summed E-state index contributed by atoms with van der Waals surface area (Å²) in [6, 6.07) is 1.09. The molecule has 2 aliphatic rings. The third-order valence-corrected chi connectivity index (χ3v) is 10.5. The molecule has 0 aromatic carbocycles. The number of aromatic nitrogens is 6. The standard InChI is InChI=1S/C25H34N7O13PS/c1-12(2)42-25(37)40-11-47-46(38,45-19-14(7-33)44-23(20(19)39-3)31-5-4-16(35)30-24(31)36)41-8-15-13(34)6-17(43-15)32-10-29-18-21(26)27-9-28-22(18)32/h4-5,9-10,12-15,17,19-20,23,33-34H,6-8,11H2,1-3H3,(H2,26,27,28)(H,30,35,36)/t13?,14-,15-,17-,19+,20?,23-,46?/m1/s1. The number of nitrogens with one attached hydrogen (secondary N) is 1. The zero-order chi connectivity index (χ0) is 33.9. The predicted molar refractivity (Wildman–Crippen MR) is 161 cm³/mol. The molecule has 5 rings (SSSR count). The number of aliphatic hydroxyl groups is 2. The maximum absolute atomic E-state index is 14.2. The Hall–Kier alpha value is -3.40. The van der Waals surface area contributed by atoms with Crippen molar-refractivity contribution in [3.8, 4) is 0 Å². The molecule has 3 aromatic heterocycles. The Kier molecular flexibility index (Phi) is 11.0. The van der Waals surface area contributed by atoms with Gasteiger partial charge in [0.25, 0.3) is 5.56 Å². The van der Waals surface area contributed by atoms with Crippen LogP contribution >= 0.6 is 18.2 Å². The van der Waals surface area contributed by atoms with Crippen molar-refractivity contribution < 1.29 is 52.3 Å². The van der Waals surface area contributed by atoms with Crippen LogP contribution in [0.25, 0.3) is 11.2 Å². The molecule has 2 aliphatic heterocycles. The lowest BCUT2D eigenvalue weighted by Gasteiger charge is -2.28. The number of aliphatic hydroxyl groups excluding tert-OH is 2. The molecule has 5 N–H and O–H groups in total. The third-order valence-electron chi connectivity index (χ3n) is 7.13. The number of hydrogen-bond donors (Lipinski definition) is 4. The van der Waals surface area contributed by atoms with Crippen LogP contribution in [0.5, 0.6) is 0 Å². The Morgan fingerprint density at radius 3 is 2.70 bits per heavy atom. The van der Waals surface area contributed by atoms with E-state index in [1.165, 1.54) is 26.0 Å². The fraction of sp³-hybridized carbons (Fsp3) is 0.600. The van der Waals surface area contributed by atoms with Gasteiger partial charge in [0.2, 0.25) is 0 Å². The van der Waals surface area contributed by atoms with Gasteiger partial charge < -0.3 is 39.6 Å². The number of fused-ring (bicyclic) bond motifs is 1. The number of H-pyrrole nitrogens is 1. The van der Waals surface area contributed by atoms with E-state index in [-0.39, 0.29) is 12.2 Å². The summed E-state index contributed by atoms with van der Waals surface area (Å²) < 4.78 is 55.8. The summed E-state index contributed by atoms with van der Waals surface area (Å²) >= 11 is 0.476. The summed E-state index contributed by atoms with van der Waals surface area (Å²) in [5.74, 6) is -0.375. The van der Waals surface area contributed by atoms with Crippen LogP contribution in [0.2, 0.25) is 0 Å². The molecule has 47 heavy (non-hydrogen) atoms. The molecule has 22 heteroatoms. The zero-order valence-electron chi connectivity index (χ0n) is 25.3. The van der Waals surface area contributed by atoms with Gasteiger partial charge in [0.15, 0.2) is 23.6 Å². The first-order valence-corrected chi connectivity index (χ1v) is 17.3. The van der Waals surface area contributed by atoms with Crippen molar-refractivity contribution >= 4 is 41.3 Å². The van der Waals surface area contributed by atoms with E-state index in [4.69, 9.17) is 38.5 Å². The topological polar surface area (TPSA) is 264 Å². The van der Waals surface area contributed by atoms with Crippen LogP contribution in [0.3, 0.4) is 0 Å². The Bertz CT molecular complexity index is 1720. The summed E-state index contributed by atoms with van der Waals surface area (Å²) in [6.07, 6.45) is -5.23. The number of carbonyl (C=O) groups is 1. The van der Waals surface area contributed by atoms with Crippen molar-refractivity contribution in [3.05, 3.63) is 45.8 Å². The number of anilines is 1. The summed E-state index contributed by atoms with van der Waals surface area (Å²) in [4.78, 5) is 50.5. The van der Waals surface area contributed by atoms with Crippen LogP contribution in [0, 0.1) is 0 Å². The molecule has 2 fully saturated rings. The lowest BCUT2D eigenvalue weighted by Crippen LogP contribution is -2.39. The van der Waals surface area contributed by atoms with Gasteiger partial charge in [-0.3, -0.25) is 28.0 Å². The van der Waals surface area contributed by atoms with Crippen LogP contribution in [-0.4, -0.2) is 108 Å². The van der Waals surface area contributed by atoms with E-state index in [1.807, 2.05) is 0 Å². The lowest BCUT2D eigenvalue weighted by molar-refractivity contribution is -0.0625. The second-order valence-electron chi connectivity index (χ2n) is 10.6. The molecule has 258 valence electrons. The van der Waals surface area contributed by atoms with Gasteiger partial charge in [0.05, 0.1) is 31.7 Å². The zero-order valence-corrected chi connectivity index (χ0v) is 27.0. The Labute approximate surface area is 269 Å². The largest absolute Gasteiger partial charge is 0.509 e. The summed E-state index contributed by atoms with van der Waals surface area (Å²) in [5, 5.41) is 20.9. The minimum absolute atomic E-state index is 0.0935. The minimum Gasteiger partial charge on any atom is -0.432 e. The van der Waals surface area contributed by atoms with Crippen LogP contribution in [0.15, 0.2) is 34.5 Å². The first-order chi connectivity index (χ1) is 22.4. The molecule has 3 aromatic rings. The predicted octanol–water partition coefficient (Wildman–Crippen LogP) is 0.274. The van der Waals surface area contributed by atoms with Crippen LogP contribution < -0.4 is 17.0 Å². The summed E-state index contributed by atoms with van der Waals surface area (Å²) in [6.45, 7) is -2.26. The van der Waals surface area contributed by atoms with Gasteiger partial charge in [0, 0.05) is 37.2 Å². The quantitative estimate of drug-likeness (QED) is 0.106. The number of ether oxygens (including phenoxy) is 5. The number of nitrogen functional groups attached to an aromatic ring is 1. The number of aromatic amines is 1. The van der Waals surface area contributed by atoms with E-state index >= 15 is 0 Å². The summed E-state index contributed by atoms with van der Waals surface area (Å²) in [5.41, 5.74) is 5.13. The van der Waals surface area contributed by atoms with Gasteiger partial charge in [-0.2, -0.15) is 0 Å². The van der Waals surface area contributed by atoms with Gasteiger partial charge in [-0.05, 0) is 13.8 Å². The van der Waals surface area contributed by atoms with Gasteiger partial charge in [-0.1, -0.05) is 0 Å². The monoisotopic (exact) mass is 703 g/mol. The Morgan fingerprint density at radius 2 is 2.00 bits per heavy atom. The van der Waals surface area contributed by atoms with E-state index in [1.54, 1.807) is 18.4 Å². The van der Waals surface area contributed by atoms with Crippen molar-refractivity contribution in [1.29, 1.82) is 0 Å². The SMILES string of the molecule is COC1[C@@H](OP(=O)(OC[C@H]2O[C@@H](n3cnc4c(N)ncnc43)CC2O)SCOC(=O)OC(C)C)[C@@H](CO)O[C@H]1n1ccc(=O)[nH]c1=O. The fourth-order valence-corrected chi connectivity index (χ4v) is 7.77. The van der Waals surface area contributed by atoms with E-state index in [0.29, 0.717) is 22.5 Å². The maximum Gasteiger partial charge on any atom is 0.509 e. The van der Waals surface area contributed by atoms with E-state index < -0.39 is 92.4 Å². The molecule has 0 saturated carbocycles. The third kappa shape index (κ3) is 7.85. The number of hydrogen-bond acceptors (Lipinski definition) is 18. The second kappa shape index (κ2) is 14.8. The minimum atomic E-state index is -4.38. The summed E-state index contributed by atoms with van der Waals surface area (Å²) in [7, 11) is 1.28. The van der Waals surface area contributed by atoms with Crippen molar-refractivity contribution in [2.24, 2.45) is 0 Å². The highest BCUT2D eigenvalue weighted by atomic mass is 32.7. The van der Waals surface area contributed by atoms with Gasteiger partial charge in [-0.15, -0.1) is 0 Å². The molecule has 0 bridgehead atoms. The number of nitrogens with two attached hydrogens (primary N) is 1. The van der Waals surface area contributed by atoms with E-state index in [0.717, 1.165) is 10.6 Å². The highest BCUT2D eigenvalue weighted by Crippen LogP contribution is 2.63. The van der Waals surface area contributed by atoms with Crippen molar-refractivity contribution in [2.75, 3.05) is 32.0 Å². The van der Waals surface area contributed by atoms with Crippen molar-refractivity contribution in [1.82, 2.24) is 29.1 Å². The first kappa shape index (κ1) is 34.9. The van der Waals surface area contributed by atoms with E-state index in [9.17, 15) is 29.2 Å². The lowest BCUT2D eigenvalue weighted by atomic mass is 10.1. The highest BCUT2D eigenvalue weighted by Gasteiger charge is 2.51. The van der Waals surface area contributed by atoms with Crippen LogP contribution in [0.1, 0.15) is 32.7 Å². The Morgan fingerprint density at radius 1 is 1.21 bits per heavy atom. The fourth-order valence-electron chi connectivity index (χ4n) is 4.98. The molecule has 8 atom stereocenters. The first-order valence-electron chi connectivity index (χ1n) is 14.2.